The summed E-state index contributed by atoms with van der Waals surface area (Å²) >= 11 is 3.26. The summed E-state index contributed by atoms with van der Waals surface area (Å²) in [5.41, 5.74) is 0.0710. The van der Waals surface area contributed by atoms with E-state index in [1.807, 2.05) is 6.07 Å². The van der Waals surface area contributed by atoms with Gasteiger partial charge in [-0.05, 0) is 30.3 Å². The number of hydrogen-bond donors (Lipinski definition) is 0. The maximum absolute atomic E-state index is 12.8. The van der Waals surface area contributed by atoms with Gasteiger partial charge in [0.05, 0.1) is 15.4 Å². The Hall–Kier alpha value is -1.77. The van der Waals surface area contributed by atoms with Crippen LogP contribution in [-0.4, -0.2) is 51.6 Å². The van der Waals surface area contributed by atoms with Crippen LogP contribution in [0.15, 0.2) is 62.8 Å². The van der Waals surface area contributed by atoms with E-state index in [1.54, 1.807) is 24.3 Å². The van der Waals surface area contributed by atoms with Crippen LogP contribution in [0.1, 0.15) is 5.56 Å². The minimum atomic E-state index is -3.86. The van der Waals surface area contributed by atoms with Gasteiger partial charge in [-0.1, -0.05) is 34.1 Å². The molecule has 3 rings (SSSR count). The van der Waals surface area contributed by atoms with E-state index in [1.165, 1.54) is 32.9 Å². The third-order valence-electron chi connectivity index (χ3n) is 4.26. The van der Waals surface area contributed by atoms with Gasteiger partial charge in [-0.2, -0.15) is 13.9 Å². The van der Waals surface area contributed by atoms with Crippen LogP contribution in [0.2, 0.25) is 0 Å². The van der Waals surface area contributed by atoms with Crippen LogP contribution in [0.4, 0.5) is 0 Å². The average Bonchev–Trinajstić information content (AvgIpc) is 2.68. The van der Waals surface area contributed by atoms with Crippen LogP contribution in [-0.2, 0) is 20.0 Å². The zero-order valence-electron chi connectivity index (χ0n) is 14.1. The largest absolute Gasteiger partial charge is 0.244 e. The molecule has 1 heterocycles. The first kappa shape index (κ1) is 20.0. The van der Waals surface area contributed by atoms with Gasteiger partial charge in [0.1, 0.15) is 6.07 Å². The summed E-state index contributed by atoms with van der Waals surface area (Å²) in [7, 11) is -7.56. The van der Waals surface area contributed by atoms with E-state index in [9.17, 15) is 16.8 Å². The summed E-state index contributed by atoms with van der Waals surface area (Å²) < 4.78 is 54.3. The van der Waals surface area contributed by atoms with Crippen molar-refractivity contribution in [1.82, 2.24) is 8.61 Å². The van der Waals surface area contributed by atoms with E-state index >= 15 is 0 Å². The van der Waals surface area contributed by atoms with E-state index in [0.717, 1.165) is 0 Å². The molecule has 1 saturated heterocycles. The highest BCUT2D eigenvalue weighted by Gasteiger charge is 2.34. The maximum Gasteiger partial charge on any atom is 0.244 e. The van der Waals surface area contributed by atoms with Gasteiger partial charge in [-0.3, -0.25) is 0 Å². The number of piperazine rings is 1. The third kappa shape index (κ3) is 3.93. The Morgan fingerprint density at radius 1 is 0.852 bits per heavy atom. The molecule has 10 heteroatoms. The topological polar surface area (TPSA) is 98.5 Å². The van der Waals surface area contributed by atoms with Crippen molar-refractivity contribution in [1.29, 1.82) is 5.26 Å². The van der Waals surface area contributed by atoms with Gasteiger partial charge in [0.2, 0.25) is 20.0 Å². The molecule has 0 saturated carbocycles. The quantitative estimate of drug-likeness (QED) is 0.681. The highest BCUT2D eigenvalue weighted by molar-refractivity contribution is 9.10. The first-order valence-corrected chi connectivity index (χ1v) is 11.7. The molecule has 0 spiro atoms. The summed E-state index contributed by atoms with van der Waals surface area (Å²) in [5, 5.41) is 9.15. The van der Waals surface area contributed by atoms with Crippen molar-refractivity contribution in [2.24, 2.45) is 0 Å². The van der Waals surface area contributed by atoms with Crippen LogP contribution in [0, 0.1) is 11.3 Å². The second kappa shape index (κ2) is 7.69. The fraction of sp³-hybridized carbons (Fsp3) is 0.235. The van der Waals surface area contributed by atoms with Gasteiger partial charge in [0.25, 0.3) is 0 Å². The Balaban J connectivity index is 1.80. The van der Waals surface area contributed by atoms with Crippen LogP contribution in [0.25, 0.3) is 0 Å². The molecule has 0 aromatic heterocycles. The van der Waals surface area contributed by atoms with Crippen molar-refractivity contribution in [2.45, 2.75) is 9.79 Å². The van der Waals surface area contributed by atoms with Crippen molar-refractivity contribution < 1.29 is 16.8 Å². The molecule has 0 N–H and O–H groups in total. The van der Waals surface area contributed by atoms with E-state index in [0.29, 0.717) is 4.47 Å². The van der Waals surface area contributed by atoms with Gasteiger partial charge in [-0.25, -0.2) is 16.8 Å². The van der Waals surface area contributed by atoms with Crippen molar-refractivity contribution in [2.75, 3.05) is 26.2 Å². The van der Waals surface area contributed by atoms with Gasteiger partial charge in [0, 0.05) is 30.7 Å². The molecule has 0 unspecified atom stereocenters. The molecule has 0 radical (unpaired) electrons. The molecule has 1 aliphatic heterocycles. The van der Waals surface area contributed by atoms with Gasteiger partial charge in [0.15, 0.2) is 0 Å². The number of benzene rings is 2. The first-order chi connectivity index (χ1) is 12.8. The summed E-state index contributed by atoms with van der Waals surface area (Å²) in [4.78, 5) is 0.0961. The molecule has 0 bridgehead atoms. The van der Waals surface area contributed by atoms with E-state index in [4.69, 9.17) is 5.26 Å². The maximum atomic E-state index is 12.8. The number of nitrogens with zero attached hydrogens (tertiary/aromatic N) is 3. The number of halogens is 1. The Bertz CT molecular complexity index is 1100. The van der Waals surface area contributed by atoms with Crippen LogP contribution in [0.5, 0.6) is 0 Å². The SMILES string of the molecule is N#Cc1ccccc1S(=O)(=O)N1CCN(S(=O)(=O)c2cccc(Br)c2)CC1. The monoisotopic (exact) mass is 469 g/mol. The predicted octanol–water partition coefficient (Wildman–Crippen LogP) is 2.02. The number of hydrogen-bond acceptors (Lipinski definition) is 5. The molecule has 7 nitrogen and oxygen atoms in total. The molecule has 142 valence electrons. The second-order valence-corrected chi connectivity index (χ2v) is 10.6. The van der Waals surface area contributed by atoms with Crippen molar-refractivity contribution >= 4 is 36.0 Å². The lowest BCUT2D eigenvalue weighted by Gasteiger charge is -2.33. The highest BCUT2D eigenvalue weighted by Crippen LogP contribution is 2.24. The lowest BCUT2D eigenvalue weighted by molar-refractivity contribution is 0.273. The molecule has 0 amide bonds. The molecule has 0 atom stereocenters. The van der Waals surface area contributed by atoms with Gasteiger partial charge < -0.3 is 0 Å². The summed E-state index contributed by atoms with van der Waals surface area (Å²) in [6.45, 7) is 0.135. The minimum absolute atomic E-state index is 0.0231. The summed E-state index contributed by atoms with van der Waals surface area (Å²) in [6, 6.07) is 14.3. The Morgan fingerprint density at radius 2 is 1.44 bits per heavy atom. The smallest absolute Gasteiger partial charge is 0.207 e. The number of sulfonamides is 2. The molecular formula is C17H16BrN3O4S2. The third-order valence-corrected chi connectivity index (χ3v) is 8.60. The minimum Gasteiger partial charge on any atom is -0.207 e. The standard InChI is InChI=1S/C17H16BrN3O4S2/c18-15-5-3-6-16(12-15)26(22,23)20-8-10-21(11-9-20)27(24,25)17-7-2-1-4-14(17)13-19/h1-7,12H,8-11H2. The normalized spacial score (nSPS) is 16.7. The number of rotatable bonds is 4. The second-order valence-electron chi connectivity index (χ2n) is 5.87. The van der Waals surface area contributed by atoms with Crippen molar-refractivity contribution in [3.63, 3.8) is 0 Å². The van der Waals surface area contributed by atoms with E-state index < -0.39 is 20.0 Å². The van der Waals surface area contributed by atoms with E-state index in [-0.39, 0.29) is 41.5 Å². The Kier molecular flexibility index (Phi) is 5.69. The molecule has 1 aliphatic rings. The van der Waals surface area contributed by atoms with Crippen LogP contribution in [0.3, 0.4) is 0 Å². The van der Waals surface area contributed by atoms with Gasteiger partial charge in [-0.15, -0.1) is 0 Å². The molecule has 2 aromatic rings. The summed E-state index contributed by atoms with van der Waals surface area (Å²) in [5.74, 6) is 0. The van der Waals surface area contributed by atoms with Crippen molar-refractivity contribution in [3.8, 4) is 6.07 Å². The predicted molar refractivity (Wildman–Crippen MR) is 103 cm³/mol. The van der Waals surface area contributed by atoms with Gasteiger partial charge >= 0.3 is 0 Å². The lowest BCUT2D eigenvalue weighted by Crippen LogP contribution is -2.50. The first-order valence-electron chi connectivity index (χ1n) is 8.02. The Morgan fingerprint density at radius 3 is 2.04 bits per heavy atom. The zero-order chi connectivity index (χ0) is 19.7. The molecule has 0 aliphatic carbocycles. The lowest BCUT2D eigenvalue weighted by atomic mass is 10.2. The average molecular weight is 470 g/mol. The highest BCUT2D eigenvalue weighted by atomic mass is 79.9. The molecule has 1 fully saturated rings. The molecule has 2 aromatic carbocycles. The molecular weight excluding hydrogens is 454 g/mol. The van der Waals surface area contributed by atoms with Crippen molar-refractivity contribution in [3.05, 3.63) is 58.6 Å². The fourth-order valence-electron chi connectivity index (χ4n) is 2.85. The Labute approximate surface area is 167 Å². The van der Waals surface area contributed by atoms with Crippen LogP contribution < -0.4 is 0 Å². The van der Waals surface area contributed by atoms with Crippen LogP contribution >= 0.6 is 15.9 Å². The summed E-state index contributed by atoms with van der Waals surface area (Å²) in [6.07, 6.45) is 0. The zero-order valence-corrected chi connectivity index (χ0v) is 17.3. The number of nitriles is 1. The van der Waals surface area contributed by atoms with E-state index in [2.05, 4.69) is 15.9 Å². The molecule has 27 heavy (non-hydrogen) atoms. The fourth-order valence-corrected chi connectivity index (χ4v) is 6.43.